The number of nitrogens with one attached hydrogen (secondary N) is 1. The van der Waals surface area contributed by atoms with Crippen LogP contribution in [0.1, 0.15) is 10.4 Å². The summed E-state index contributed by atoms with van der Waals surface area (Å²) in [6.07, 6.45) is -0.891. The largest absolute Gasteiger partial charge is 0.491 e. The molecule has 0 bridgehead atoms. The van der Waals surface area contributed by atoms with Gasteiger partial charge in [0.1, 0.15) is 18.5 Å². The third-order valence-corrected chi connectivity index (χ3v) is 5.46. The number of hydrogen-bond donors (Lipinski definition) is 2. The SMILES string of the molecule is CN(CC(O)COc1cc(Cl)cc(Cl)c1)C(=O)c1ccc2c(c1)SCC(=O)N2. The Bertz CT molecular complexity index is 889. The summed E-state index contributed by atoms with van der Waals surface area (Å²) in [6.45, 7) is 0.0778. The first kappa shape index (κ1) is 20.8. The zero-order valence-corrected chi connectivity index (χ0v) is 17.3. The normalized spacial score (nSPS) is 14.1. The van der Waals surface area contributed by atoms with Crippen LogP contribution in [0.15, 0.2) is 41.3 Å². The topological polar surface area (TPSA) is 78.9 Å². The minimum atomic E-state index is -0.891. The molecule has 2 aromatic rings. The van der Waals surface area contributed by atoms with Crippen molar-refractivity contribution in [2.75, 3.05) is 31.3 Å². The van der Waals surface area contributed by atoms with E-state index in [-0.39, 0.29) is 25.0 Å². The fourth-order valence-corrected chi connectivity index (χ4v) is 4.03. The van der Waals surface area contributed by atoms with Gasteiger partial charge in [-0.2, -0.15) is 0 Å². The van der Waals surface area contributed by atoms with E-state index < -0.39 is 6.10 Å². The number of halogens is 2. The van der Waals surface area contributed by atoms with E-state index in [2.05, 4.69) is 5.32 Å². The fraction of sp³-hybridized carbons (Fsp3) is 0.263. The zero-order chi connectivity index (χ0) is 20.3. The molecule has 1 heterocycles. The zero-order valence-electron chi connectivity index (χ0n) is 14.9. The summed E-state index contributed by atoms with van der Waals surface area (Å²) in [5, 5.41) is 13.8. The summed E-state index contributed by atoms with van der Waals surface area (Å²) in [5.74, 6) is 0.478. The van der Waals surface area contributed by atoms with Crippen LogP contribution in [0.2, 0.25) is 10.0 Å². The van der Waals surface area contributed by atoms with Crippen molar-refractivity contribution in [3.8, 4) is 5.75 Å². The first-order valence-corrected chi connectivity index (χ1v) is 10.1. The molecule has 6 nitrogen and oxygen atoms in total. The molecule has 0 aliphatic carbocycles. The number of aliphatic hydroxyl groups excluding tert-OH is 1. The van der Waals surface area contributed by atoms with Gasteiger partial charge in [0, 0.05) is 34.1 Å². The van der Waals surface area contributed by atoms with E-state index in [4.69, 9.17) is 27.9 Å². The Hall–Kier alpha value is -1.93. The van der Waals surface area contributed by atoms with Crippen LogP contribution < -0.4 is 10.1 Å². The van der Waals surface area contributed by atoms with Gasteiger partial charge < -0.3 is 20.1 Å². The average molecular weight is 441 g/mol. The summed E-state index contributed by atoms with van der Waals surface area (Å²) in [5.41, 5.74) is 1.19. The molecule has 0 aromatic heterocycles. The maximum absolute atomic E-state index is 12.6. The lowest BCUT2D eigenvalue weighted by molar-refractivity contribution is -0.113. The molecular formula is C19H18Cl2N2O4S. The van der Waals surface area contributed by atoms with E-state index in [0.29, 0.717) is 32.8 Å². The molecule has 3 rings (SSSR count). The number of amides is 2. The highest BCUT2D eigenvalue weighted by Crippen LogP contribution is 2.32. The van der Waals surface area contributed by atoms with Crippen LogP contribution in [0.3, 0.4) is 0 Å². The van der Waals surface area contributed by atoms with Crippen molar-refractivity contribution in [1.82, 2.24) is 4.90 Å². The van der Waals surface area contributed by atoms with Crippen molar-refractivity contribution in [2.45, 2.75) is 11.0 Å². The number of ether oxygens (including phenoxy) is 1. The van der Waals surface area contributed by atoms with Gasteiger partial charge in [-0.15, -0.1) is 11.8 Å². The Balaban J connectivity index is 1.57. The molecule has 0 fully saturated rings. The second-order valence-corrected chi connectivity index (χ2v) is 8.19. The van der Waals surface area contributed by atoms with Crippen LogP contribution in [0.5, 0.6) is 5.75 Å². The number of rotatable bonds is 6. The molecule has 0 radical (unpaired) electrons. The average Bonchev–Trinajstić information content (AvgIpc) is 2.64. The van der Waals surface area contributed by atoms with Crippen LogP contribution in [-0.2, 0) is 4.79 Å². The van der Waals surface area contributed by atoms with Gasteiger partial charge in [0.15, 0.2) is 0 Å². The van der Waals surface area contributed by atoms with Crippen LogP contribution in [0.4, 0.5) is 5.69 Å². The highest BCUT2D eigenvalue weighted by Gasteiger charge is 2.20. The van der Waals surface area contributed by atoms with Crippen molar-refractivity contribution >= 4 is 52.5 Å². The molecule has 0 saturated carbocycles. The first-order valence-electron chi connectivity index (χ1n) is 8.41. The van der Waals surface area contributed by atoms with Crippen molar-refractivity contribution < 1.29 is 19.4 Å². The minimum absolute atomic E-state index is 0.0135. The molecule has 1 aliphatic rings. The van der Waals surface area contributed by atoms with E-state index in [1.165, 1.54) is 16.7 Å². The molecule has 9 heteroatoms. The number of thioether (sulfide) groups is 1. The molecule has 2 amide bonds. The van der Waals surface area contributed by atoms with Gasteiger partial charge in [-0.25, -0.2) is 0 Å². The third kappa shape index (κ3) is 5.32. The second-order valence-electron chi connectivity index (χ2n) is 6.30. The molecule has 0 spiro atoms. The molecule has 2 N–H and O–H groups in total. The number of anilines is 1. The minimum Gasteiger partial charge on any atom is -0.491 e. The van der Waals surface area contributed by atoms with Crippen LogP contribution in [0.25, 0.3) is 0 Å². The second kappa shape index (κ2) is 9.05. The fourth-order valence-electron chi connectivity index (χ4n) is 2.68. The molecule has 2 aromatic carbocycles. The number of aliphatic hydroxyl groups is 1. The lowest BCUT2D eigenvalue weighted by atomic mass is 10.1. The van der Waals surface area contributed by atoms with Gasteiger partial charge in [0.2, 0.25) is 5.91 Å². The maximum Gasteiger partial charge on any atom is 0.253 e. The van der Waals surface area contributed by atoms with Crippen molar-refractivity contribution in [2.24, 2.45) is 0 Å². The van der Waals surface area contributed by atoms with Crippen LogP contribution >= 0.6 is 35.0 Å². The van der Waals surface area contributed by atoms with Crippen molar-refractivity contribution in [1.29, 1.82) is 0 Å². The first-order chi connectivity index (χ1) is 13.3. The van der Waals surface area contributed by atoms with E-state index >= 15 is 0 Å². The predicted octanol–water partition coefficient (Wildman–Crippen LogP) is 3.55. The van der Waals surface area contributed by atoms with Gasteiger partial charge in [0.05, 0.1) is 11.4 Å². The summed E-state index contributed by atoms with van der Waals surface area (Å²) in [7, 11) is 1.61. The lowest BCUT2D eigenvalue weighted by Gasteiger charge is -2.22. The van der Waals surface area contributed by atoms with E-state index in [0.717, 1.165) is 4.90 Å². The Kier molecular flexibility index (Phi) is 6.72. The quantitative estimate of drug-likeness (QED) is 0.717. The summed E-state index contributed by atoms with van der Waals surface area (Å²) in [6, 6.07) is 9.89. The monoisotopic (exact) mass is 440 g/mol. The third-order valence-electron chi connectivity index (χ3n) is 3.97. The smallest absolute Gasteiger partial charge is 0.253 e. The molecule has 0 saturated heterocycles. The predicted molar refractivity (Wildman–Crippen MR) is 111 cm³/mol. The van der Waals surface area contributed by atoms with Gasteiger partial charge in [-0.1, -0.05) is 23.2 Å². The van der Waals surface area contributed by atoms with Crippen molar-refractivity contribution in [3.63, 3.8) is 0 Å². The van der Waals surface area contributed by atoms with Crippen LogP contribution in [-0.4, -0.2) is 53.9 Å². The Morgan fingerprint density at radius 3 is 2.71 bits per heavy atom. The number of hydrogen-bond acceptors (Lipinski definition) is 5. The van der Waals surface area contributed by atoms with Crippen LogP contribution in [0, 0.1) is 0 Å². The highest BCUT2D eigenvalue weighted by atomic mass is 35.5. The molecule has 1 unspecified atom stereocenters. The Labute approximate surface area is 176 Å². The standard InChI is InChI=1S/C19H18Cl2N2O4S/c1-23(8-14(24)9-27-15-6-12(20)5-13(21)7-15)19(26)11-2-3-16-17(4-11)28-10-18(25)22-16/h2-7,14,24H,8-10H2,1H3,(H,22,25). The number of fused-ring (bicyclic) bond motifs is 1. The molecule has 1 atom stereocenters. The summed E-state index contributed by atoms with van der Waals surface area (Å²) in [4.78, 5) is 26.3. The molecule has 148 valence electrons. The Morgan fingerprint density at radius 2 is 2.00 bits per heavy atom. The van der Waals surface area contributed by atoms with E-state index in [1.807, 2.05) is 0 Å². The number of carbonyl (C=O) groups excluding carboxylic acids is 2. The molecule has 1 aliphatic heterocycles. The maximum atomic E-state index is 12.6. The summed E-state index contributed by atoms with van der Waals surface area (Å²) < 4.78 is 5.50. The summed E-state index contributed by atoms with van der Waals surface area (Å²) >= 11 is 13.2. The van der Waals surface area contributed by atoms with Gasteiger partial charge in [-0.05, 0) is 36.4 Å². The lowest BCUT2D eigenvalue weighted by Crippen LogP contribution is -2.37. The van der Waals surface area contributed by atoms with E-state index in [9.17, 15) is 14.7 Å². The van der Waals surface area contributed by atoms with E-state index in [1.54, 1.807) is 43.4 Å². The van der Waals surface area contributed by atoms with Gasteiger partial charge in [-0.3, -0.25) is 9.59 Å². The molecular weight excluding hydrogens is 423 g/mol. The number of nitrogens with zero attached hydrogens (tertiary/aromatic N) is 1. The highest BCUT2D eigenvalue weighted by molar-refractivity contribution is 8.00. The number of benzene rings is 2. The van der Waals surface area contributed by atoms with Crippen molar-refractivity contribution in [3.05, 3.63) is 52.0 Å². The van der Waals surface area contributed by atoms with Gasteiger partial charge >= 0.3 is 0 Å². The number of likely N-dealkylation sites (N-methyl/N-ethyl adjacent to an activating group) is 1. The Morgan fingerprint density at radius 1 is 1.29 bits per heavy atom. The van der Waals surface area contributed by atoms with Gasteiger partial charge in [0.25, 0.3) is 5.91 Å². The number of carbonyl (C=O) groups is 2. The molecule has 28 heavy (non-hydrogen) atoms.